The van der Waals surface area contributed by atoms with Gasteiger partial charge in [-0.2, -0.15) is 10.5 Å². The van der Waals surface area contributed by atoms with Gasteiger partial charge in [-0.15, -0.1) is 0 Å². The molecule has 0 fully saturated rings. The summed E-state index contributed by atoms with van der Waals surface area (Å²) in [5.74, 6) is 11.0. The van der Waals surface area contributed by atoms with Crippen molar-refractivity contribution in [2.45, 2.75) is 115 Å². The van der Waals surface area contributed by atoms with Crippen molar-refractivity contribution in [2.75, 3.05) is 50.2 Å². The van der Waals surface area contributed by atoms with Gasteiger partial charge in [0.15, 0.2) is 0 Å². The summed E-state index contributed by atoms with van der Waals surface area (Å²) in [5, 5.41) is 32.4. The molecule has 88 heavy (non-hydrogen) atoms. The van der Waals surface area contributed by atoms with Gasteiger partial charge in [0.1, 0.15) is 36.8 Å². The van der Waals surface area contributed by atoms with Crippen molar-refractivity contribution in [1.82, 2.24) is 31.2 Å². The van der Waals surface area contributed by atoms with Crippen LogP contribution in [0.25, 0.3) is 0 Å². The lowest BCUT2D eigenvalue weighted by Crippen LogP contribution is -2.54. The van der Waals surface area contributed by atoms with Crippen molar-refractivity contribution in [3.63, 3.8) is 0 Å². The van der Waals surface area contributed by atoms with E-state index in [1.807, 2.05) is 65.8 Å². The Morgan fingerprint density at radius 2 is 0.943 bits per heavy atom. The zero-order valence-electron chi connectivity index (χ0n) is 50.4. The number of likely N-dealkylation sites (N-methyl/N-ethyl adjacent to an activating group) is 2. The van der Waals surface area contributed by atoms with Crippen molar-refractivity contribution in [2.24, 2.45) is 0 Å². The molecular formula is C68H70Cl2N10O8. The van der Waals surface area contributed by atoms with Crippen molar-refractivity contribution in [3.8, 4) is 47.3 Å². The number of carbonyl (C=O) groups is 4. The maximum absolute atomic E-state index is 14.7. The molecule has 4 atom stereocenters. The predicted octanol–water partition coefficient (Wildman–Crippen LogP) is 7.46. The van der Waals surface area contributed by atoms with Crippen LogP contribution in [0.1, 0.15) is 110 Å². The first kappa shape index (κ1) is 64.8. The number of ether oxygens (including phenoxy) is 2. The highest BCUT2D eigenvalue weighted by Gasteiger charge is 2.44. The Balaban J connectivity index is 0.879. The summed E-state index contributed by atoms with van der Waals surface area (Å²) < 4.78 is 11.8. The average molecular weight is 1230 g/mol. The van der Waals surface area contributed by atoms with Gasteiger partial charge in [0, 0.05) is 82.2 Å². The molecule has 0 bridgehead atoms. The minimum Gasteiger partial charge on any atom is -0.481 e. The Morgan fingerprint density at radius 3 is 1.28 bits per heavy atom. The number of rotatable bonds is 22. The van der Waals surface area contributed by atoms with Crippen LogP contribution in [0.15, 0.2) is 107 Å². The Labute approximate surface area is 522 Å². The first-order valence-electron chi connectivity index (χ1n) is 29.0. The quantitative estimate of drug-likeness (QED) is 0.0362. The molecule has 4 amide bonds. The number of fused-ring (bicyclic) bond motifs is 2. The molecule has 18 nitrogen and oxygen atoms in total. The number of H-pyrrole nitrogens is 2. The minimum atomic E-state index is -0.977. The maximum Gasteiger partial charge on any atom is 0.251 e. The maximum atomic E-state index is 14.7. The highest BCUT2D eigenvalue weighted by molar-refractivity contribution is 6.31. The molecule has 0 aliphatic carbocycles. The van der Waals surface area contributed by atoms with E-state index in [1.54, 1.807) is 96.7 Å². The van der Waals surface area contributed by atoms with Gasteiger partial charge in [0.25, 0.3) is 11.1 Å². The van der Waals surface area contributed by atoms with Crippen molar-refractivity contribution in [1.29, 1.82) is 10.5 Å². The molecule has 2 aliphatic heterocycles. The highest BCUT2D eigenvalue weighted by atomic mass is 35.5. The molecule has 4 aromatic carbocycles. The molecular weight excluding hydrogens is 1160 g/mol. The van der Waals surface area contributed by atoms with Gasteiger partial charge in [-0.1, -0.05) is 101 Å². The van der Waals surface area contributed by atoms with Gasteiger partial charge in [-0.05, 0) is 134 Å². The lowest BCUT2D eigenvalue weighted by atomic mass is 9.90. The van der Waals surface area contributed by atoms with Gasteiger partial charge in [-0.25, -0.2) is 0 Å². The molecule has 6 N–H and O–H groups in total. The Kier molecular flexibility index (Phi) is 21.1. The van der Waals surface area contributed by atoms with Crippen LogP contribution >= 0.6 is 23.2 Å². The first-order chi connectivity index (χ1) is 42.1. The smallest absolute Gasteiger partial charge is 0.251 e. The van der Waals surface area contributed by atoms with Crippen LogP contribution in [-0.4, -0.2) is 98.2 Å². The molecule has 0 saturated heterocycles. The van der Waals surface area contributed by atoms with E-state index in [2.05, 4.69) is 67.1 Å². The normalized spacial score (nSPS) is 14.6. The predicted molar refractivity (Wildman–Crippen MR) is 340 cm³/mol. The van der Waals surface area contributed by atoms with Crippen molar-refractivity contribution < 1.29 is 28.7 Å². The van der Waals surface area contributed by atoms with Gasteiger partial charge in [-0.3, -0.25) is 28.8 Å². The molecule has 4 heterocycles. The summed E-state index contributed by atoms with van der Waals surface area (Å²) in [7, 11) is 3.38. The SMILES string of the molecule is CC[C@H](NC)C(=O)N[C@@H](Cc1ccc(OCC#CC#CCOc2ccc(C[C@H](NC(=O)[C@H](CC)NC)C(=O)N3CC(C)(C)c4[nH]c(=O)c(Cc5ccc(Cl)cc5C#N)cc43)cc2)cc1)C(=O)N1CC(C)(C)c2[nH]c(=O)c(Cc3ccc(Cl)cc3C#N)cc21. The van der Waals surface area contributed by atoms with Crippen LogP contribution in [0.3, 0.4) is 0 Å². The van der Waals surface area contributed by atoms with E-state index >= 15 is 0 Å². The van der Waals surface area contributed by atoms with Crippen LogP contribution in [0, 0.1) is 46.3 Å². The number of pyridine rings is 2. The number of anilines is 2. The molecule has 0 saturated carbocycles. The zero-order valence-corrected chi connectivity index (χ0v) is 51.9. The lowest BCUT2D eigenvalue weighted by molar-refractivity contribution is -0.128. The number of aromatic amines is 2. The van der Waals surface area contributed by atoms with E-state index in [1.165, 1.54) is 0 Å². The number of amides is 4. The number of hydrogen-bond donors (Lipinski definition) is 6. The Bertz CT molecular complexity index is 3710. The summed E-state index contributed by atoms with van der Waals surface area (Å²) in [6.45, 7) is 12.1. The molecule has 0 radical (unpaired) electrons. The summed E-state index contributed by atoms with van der Waals surface area (Å²) in [4.78, 5) is 92.9. The summed E-state index contributed by atoms with van der Waals surface area (Å²) in [5.41, 5.74) is 4.53. The van der Waals surface area contributed by atoms with Gasteiger partial charge in [0.05, 0.1) is 46.7 Å². The zero-order chi connectivity index (χ0) is 63.5. The van der Waals surface area contributed by atoms with Crippen LogP contribution in [0.2, 0.25) is 10.0 Å². The van der Waals surface area contributed by atoms with Crippen LogP contribution < -0.4 is 51.7 Å². The third-order valence-corrected chi connectivity index (χ3v) is 16.3. The molecule has 20 heteroatoms. The van der Waals surface area contributed by atoms with Crippen molar-refractivity contribution >= 4 is 58.2 Å². The van der Waals surface area contributed by atoms with Gasteiger partial charge in [0.2, 0.25) is 23.6 Å². The molecule has 8 rings (SSSR count). The van der Waals surface area contributed by atoms with E-state index in [4.69, 9.17) is 32.7 Å². The number of hydrogen-bond acceptors (Lipinski definition) is 12. The Hall–Kier alpha value is -9.14. The van der Waals surface area contributed by atoms with Gasteiger partial charge >= 0.3 is 0 Å². The first-order valence-corrected chi connectivity index (χ1v) is 29.7. The van der Waals surface area contributed by atoms with E-state index in [0.29, 0.717) is 90.5 Å². The largest absolute Gasteiger partial charge is 0.481 e. The number of benzene rings is 4. The second kappa shape index (κ2) is 28.6. The van der Waals surface area contributed by atoms with Crippen molar-refractivity contribution in [3.05, 3.63) is 184 Å². The van der Waals surface area contributed by atoms with Gasteiger partial charge < -0.3 is 50.5 Å². The van der Waals surface area contributed by atoms with E-state index in [-0.39, 0.29) is 86.7 Å². The molecule has 2 aromatic heterocycles. The number of halogens is 2. The monoisotopic (exact) mass is 1220 g/mol. The number of nitrogens with one attached hydrogen (secondary N) is 6. The van der Waals surface area contributed by atoms with E-state index in [9.17, 15) is 39.3 Å². The summed E-state index contributed by atoms with van der Waals surface area (Å²) in [6, 6.07) is 28.8. The fourth-order valence-corrected chi connectivity index (χ4v) is 11.4. The number of aromatic nitrogens is 2. The molecule has 454 valence electrons. The Morgan fingerprint density at radius 1 is 0.568 bits per heavy atom. The summed E-state index contributed by atoms with van der Waals surface area (Å²) >= 11 is 12.3. The third-order valence-electron chi connectivity index (χ3n) is 15.9. The third kappa shape index (κ3) is 15.3. The molecule has 0 unspecified atom stereocenters. The lowest BCUT2D eigenvalue weighted by Gasteiger charge is -2.27. The number of nitriles is 2. The van der Waals surface area contributed by atoms with Crippen LogP contribution in [0.4, 0.5) is 11.4 Å². The topological polar surface area (TPSA) is 255 Å². The fraction of sp³-hybridized carbons (Fsp3) is 0.353. The minimum absolute atomic E-state index is 0.0367. The molecule has 0 spiro atoms. The number of carbonyl (C=O) groups excluding carboxylic acids is 4. The summed E-state index contributed by atoms with van der Waals surface area (Å²) in [6.07, 6.45) is 1.58. The highest BCUT2D eigenvalue weighted by Crippen LogP contribution is 2.41. The number of nitrogens with zero attached hydrogens (tertiary/aromatic N) is 4. The second-order valence-electron chi connectivity index (χ2n) is 23.1. The fourth-order valence-electron chi connectivity index (χ4n) is 11.1. The van der Waals surface area contributed by atoms with E-state index in [0.717, 1.165) is 11.1 Å². The van der Waals surface area contributed by atoms with Crippen LogP contribution in [-0.2, 0) is 55.7 Å². The molecule has 2 aliphatic rings. The van der Waals surface area contributed by atoms with Crippen LogP contribution in [0.5, 0.6) is 11.5 Å². The second-order valence-corrected chi connectivity index (χ2v) is 23.9. The molecule has 6 aromatic rings. The average Bonchev–Trinajstić information content (AvgIpc) is 1.85. The van der Waals surface area contributed by atoms with E-state index < -0.39 is 35.0 Å². The standard InChI is InChI=1S/C68H70Cl2N10O8/c1-9-53(73-7)63(83)75-55(65(85)79-39-67(3,4)59-57(79)35-45(61(81)77-59)31-43-19-21-49(69)33-47(43)37-71)29-41-15-23-51(24-16-41)87-27-13-11-12-14-28-88-52-25-17-42(18-26-52)30-56(76-64(84)54(10-2)74-8)66(86)80-40-68(5,6)60-58(80)36-46(62(82)78-60)32-44-20-22-50(70)34-48(44)38-72/h15-26,33-36,53-56,73-74H,9-10,27-32,39-40H2,1-8H3,(H,75,83)(H,76,84)(H,77,81)(H,78,82)/t53-,54-,55-,56-/m0/s1.